The van der Waals surface area contributed by atoms with Crippen molar-refractivity contribution in [2.45, 2.75) is 0 Å². The lowest BCUT2D eigenvalue weighted by atomic mass is 10.4. The van der Waals surface area contributed by atoms with Crippen LogP contribution in [0.2, 0.25) is 0 Å². The van der Waals surface area contributed by atoms with Gasteiger partial charge in [-0.2, -0.15) is 0 Å². The summed E-state index contributed by atoms with van der Waals surface area (Å²) in [4.78, 5) is 14.7. The number of hydrogen-bond donors (Lipinski definition) is 3. The Morgan fingerprint density at radius 2 is 2.46 bits per heavy atom. The van der Waals surface area contributed by atoms with E-state index in [1.807, 2.05) is 0 Å². The van der Waals surface area contributed by atoms with Crippen LogP contribution in [0.5, 0.6) is 0 Å². The van der Waals surface area contributed by atoms with E-state index >= 15 is 0 Å². The van der Waals surface area contributed by atoms with Crippen molar-refractivity contribution >= 4 is 17.4 Å². The molecule has 0 aliphatic rings. The fraction of sp³-hybridized carbons (Fsp3) is 0.250. The van der Waals surface area contributed by atoms with Gasteiger partial charge in [-0.1, -0.05) is 0 Å². The van der Waals surface area contributed by atoms with Gasteiger partial charge in [-0.15, -0.1) is 0 Å². The van der Waals surface area contributed by atoms with Gasteiger partial charge in [0.15, 0.2) is 0 Å². The number of hydrogen-bond acceptors (Lipinski definition) is 4. The van der Waals surface area contributed by atoms with Gasteiger partial charge in [0.05, 0.1) is 6.54 Å². The molecule has 1 aromatic heterocycles. The molecule has 0 bridgehead atoms. The third-order valence-electron chi connectivity index (χ3n) is 1.51. The smallest absolute Gasteiger partial charge is 0.239 e. The van der Waals surface area contributed by atoms with Crippen molar-refractivity contribution in [3.05, 3.63) is 18.3 Å². The molecule has 4 N–H and O–H groups in total. The molecule has 0 atom stereocenters. The predicted molar refractivity (Wildman–Crippen MR) is 51.2 cm³/mol. The maximum atomic E-state index is 10.8. The Bertz CT molecular complexity index is 300. The number of amides is 1. The summed E-state index contributed by atoms with van der Waals surface area (Å²) >= 11 is 0. The number of pyridine rings is 1. The first-order valence-electron chi connectivity index (χ1n) is 3.88. The number of likely N-dealkylation sites (N-methyl/N-ethyl adjacent to an activating group) is 1. The lowest BCUT2D eigenvalue weighted by molar-refractivity contribution is -0.118. The van der Waals surface area contributed by atoms with Crippen LogP contribution in [-0.2, 0) is 4.79 Å². The molecular formula is C8H12N4O. The summed E-state index contributed by atoms with van der Waals surface area (Å²) in [5, 5.41) is 5.41. The number of nitrogens with two attached hydrogens (primary N) is 1. The van der Waals surface area contributed by atoms with Crippen molar-refractivity contribution in [1.82, 2.24) is 10.3 Å². The van der Waals surface area contributed by atoms with Gasteiger partial charge in [0.2, 0.25) is 5.91 Å². The highest BCUT2D eigenvalue weighted by atomic mass is 16.1. The summed E-state index contributed by atoms with van der Waals surface area (Å²) in [6.45, 7) is 0.236. The maximum absolute atomic E-state index is 10.8. The van der Waals surface area contributed by atoms with Crippen molar-refractivity contribution < 1.29 is 4.79 Å². The van der Waals surface area contributed by atoms with Crippen LogP contribution < -0.4 is 16.4 Å². The minimum Gasteiger partial charge on any atom is -0.384 e. The standard InChI is InChI=1S/C8H12N4O/c1-10-8(13)5-12-6-2-3-11-7(9)4-6/h2-4H,5H2,1H3,(H,10,13)(H3,9,11,12). The van der Waals surface area contributed by atoms with E-state index in [-0.39, 0.29) is 12.5 Å². The molecule has 0 unspecified atom stereocenters. The van der Waals surface area contributed by atoms with Crippen LogP contribution in [0.4, 0.5) is 11.5 Å². The second kappa shape index (κ2) is 4.30. The van der Waals surface area contributed by atoms with Crippen molar-refractivity contribution in [2.75, 3.05) is 24.6 Å². The van der Waals surface area contributed by atoms with Gasteiger partial charge in [0.25, 0.3) is 0 Å². The highest BCUT2D eigenvalue weighted by Crippen LogP contribution is 2.07. The molecule has 1 amide bonds. The predicted octanol–water partition coefficient (Wildman–Crippen LogP) is -0.178. The number of nitrogen functional groups attached to an aromatic ring is 1. The molecule has 1 rings (SSSR count). The summed E-state index contributed by atoms with van der Waals surface area (Å²) < 4.78 is 0. The van der Waals surface area contributed by atoms with E-state index in [4.69, 9.17) is 5.73 Å². The molecule has 0 fully saturated rings. The maximum Gasteiger partial charge on any atom is 0.239 e. The average Bonchev–Trinajstić information content (AvgIpc) is 2.14. The third-order valence-corrected chi connectivity index (χ3v) is 1.51. The SMILES string of the molecule is CNC(=O)CNc1ccnc(N)c1. The molecule has 0 aromatic carbocycles. The molecule has 5 heteroatoms. The molecule has 0 radical (unpaired) electrons. The first-order valence-corrected chi connectivity index (χ1v) is 3.88. The number of carbonyl (C=O) groups is 1. The van der Waals surface area contributed by atoms with Crippen molar-refractivity contribution in [3.63, 3.8) is 0 Å². The van der Waals surface area contributed by atoms with Crippen molar-refractivity contribution in [1.29, 1.82) is 0 Å². The van der Waals surface area contributed by atoms with Gasteiger partial charge < -0.3 is 16.4 Å². The molecule has 5 nitrogen and oxygen atoms in total. The van der Waals surface area contributed by atoms with E-state index in [9.17, 15) is 4.79 Å². The highest BCUT2D eigenvalue weighted by molar-refractivity contribution is 5.80. The zero-order chi connectivity index (χ0) is 9.68. The topological polar surface area (TPSA) is 80.0 Å². The van der Waals surface area contributed by atoms with Gasteiger partial charge >= 0.3 is 0 Å². The lowest BCUT2D eigenvalue weighted by Gasteiger charge is -2.04. The Hall–Kier alpha value is -1.78. The van der Waals surface area contributed by atoms with E-state index in [1.54, 1.807) is 25.4 Å². The monoisotopic (exact) mass is 180 g/mol. The van der Waals surface area contributed by atoms with Gasteiger partial charge in [-0.3, -0.25) is 4.79 Å². The van der Waals surface area contributed by atoms with Crippen LogP contribution in [-0.4, -0.2) is 24.5 Å². The van der Waals surface area contributed by atoms with Crippen molar-refractivity contribution in [3.8, 4) is 0 Å². The van der Waals surface area contributed by atoms with Gasteiger partial charge in [0, 0.05) is 25.0 Å². The minimum atomic E-state index is -0.0737. The van der Waals surface area contributed by atoms with Crippen LogP contribution in [0, 0.1) is 0 Å². The van der Waals surface area contributed by atoms with Crippen LogP contribution in [0.25, 0.3) is 0 Å². The Balaban J connectivity index is 2.50. The van der Waals surface area contributed by atoms with Gasteiger partial charge in [-0.25, -0.2) is 4.98 Å². The molecule has 0 spiro atoms. The molecule has 0 aliphatic heterocycles. The molecule has 13 heavy (non-hydrogen) atoms. The first kappa shape index (κ1) is 9.31. The largest absolute Gasteiger partial charge is 0.384 e. The third kappa shape index (κ3) is 2.98. The zero-order valence-corrected chi connectivity index (χ0v) is 7.37. The van der Waals surface area contributed by atoms with E-state index < -0.39 is 0 Å². The zero-order valence-electron chi connectivity index (χ0n) is 7.37. The normalized spacial score (nSPS) is 9.31. The van der Waals surface area contributed by atoms with Gasteiger partial charge in [-0.05, 0) is 6.07 Å². The van der Waals surface area contributed by atoms with E-state index in [2.05, 4.69) is 15.6 Å². The Labute approximate surface area is 76.3 Å². The number of nitrogens with one attached hydrogen (secondary N) is 2. The average molecular weight is 180 g/mol. The van der Waals surface area contributed by atoms with E-state index in [0.717, 1.165) is 5.69 Å². The summed E-state index contributed by atoms with van der Waals surface area (Å²) in [6, 6.07) is 3.42. The summed E-state index contributed by atoms with van der Waals surface area (Å²) in [7, 11) is 1.59. The highest BCUT2D eigenvalue weighted by Gasteiger charge is 1.97. The first-order chi connectivity index (χ1) is 6.22. The molecular weight excluding hydrogens is 168 g/mol. The number of rotatable bonds is 3. The fourth-order valence-electron chi connectivity index (χ4n) is 0.829. The molecule has 0 aliphatic carbocycles. The van der Waals surface area contributed by atoms with E-state index in [0.29, 0.717) is 5.82 Å². The number of anilines is 2. The van der Waals surface area contributed by atoms with Crippen LogP contribution in [0.1, 0.15) is 0 Å². The Morgan fingerprint density at radius 3 is 3.08 bits per heavy atom. The second-order valence-corrected chi connectivity index (χ2v) is 2.50. The van der Waals surface area contributed by atoms with Crippen LogP contribution in [0.3, 0.4) is 0 Å². The number of aromatic nitrogens is 1. The lowest BCUT2D eigenvalue weighted by Crippen LogP contribution is -2.26. The van der Waals surface area contributed by atoms with Gasteiger partial charge in [0.1, 0.15) is 5.82 Å². The Morgan fingerprint density at radius 1 is 1.69 bits per heavy atom. The Kier molecular flexibility index (Phi) is 3.08. The fourth-order valence-corrected chi connectivity index (χ4v) is 0.829. The molecule has 0 saturated carbocycles. The van der Waals surface area contributed by atoms with E-state index in [1.165, 1.54) is 0 Å². The summed E-state index contributed by atoms with van der Waals surface area (Å²) in [5.74, 6) is 0.359. The summed E-state index contributed by atoms with van der Waals surface area (Å²) in [5.41, 5.74) is 6.23. The molecule has 0 saturated heterocycles. The quantitative estimate of drug-likeness (QED) is 0.603. The summed E-state index contributed by atoms with van der Waals surface area (Å²) in [6.07, 6.45) is 1.58. The molecule has 70 valence electrons. The van der Waals surface area contributed by atoms with Crippen LogP contribution in [0.15, 0.2) is 18.3 Å². The second-order valence-electron chi connectivity index (χ2n) is 2.50. The number of carbonyl (C=O) groups excluding carboxylic acids is 1. The molecule has 1 heterocycles. The van der Waals surface area contributed by atoms with Crippen molar-refractivity contribution in [2.24, 2.45) is 0 Å². The minimum absolute atomic E-state index is 0.0737. The number of nitrogens with zero attached hydrogens (tertiary/aromatic N) is 1. The van der Waals surface area contributed by atoms with Crippen LogP contribution >= 0.6 is 0 Å². The molecule has 1 aromatic rings.